The molecule has 0 aliphatic carbocycles. The molecule has 0 aromatic carbocycles. The molecule has 0 saturated carbocycles. The fourth-order valence-electron chi connectivity index (χ4n) is 0.922. The Balaban J connectivity index is 2.79. The summed E-state index contributed by atoms with van der Waals surface area (Å²) in [4.78, 5) is 0. The quantitative estimate of drug-likeness (QED) is 0.829. The van der Waals surface area contributed by atoms with E-state index in [0.29, 0.717) is 10.6 Å². The molecule has 74 valence electrons. The van der Waals surface area contributed by atoms with E-state index in [0.717, 1.165) is 0 Å². The van der Waals surface area contributed by atoms with Gasteiger partial charge in [-0.15, -0.1) is 11.3 Å². The van der Waals surface area contributed by atoms with Crippen LogP contribution in [-0.2, 0) is 9.84 Å². The van der Waals surface area contributed by atoms with E-state index in [2.05, 4.69) is 0 Å². The smallest absolute Gasteiger partial charge is 0.189 e. The fraction of sp³-hybridized carbons (Fsp3) is 0.500. The number of nitrogens with two attached hydrogens (primary N) is 1. The number of hydrogen-bond donors (Lipinski definition) is 1. The maximum Gasteiger partial charge on any atom is 0.189 e. The Kier molecular flexibility index (Phi) is 3.47. The summed E-state index contributed by atoms with van der Waals surface area (Å²) in [6.07, 6.45) is 0.685. The van der Waals surface area contributed by atoms with Gasteiger partial charge in [-0.2, -0.15) is 0 Å². The number of rotatable bonds is 4. The van der Waals surface area contributed by atoms with E-state index in [-0.39, 0.29) is 11.8 Å². The first-order valence-corrected chi connectivity index (χ1v) is 6.61. The van der Waals surface area contributed by atoms with Crippen LogP contribution in [0.1, 0.15) is 13.3 Å². The molecule has 1 rings (SSSR count). The van der Waals surface area contributed by atoms with E-state index < -0.39 is 9.84 Å². The fourth-order valence-corrected chi connectivity index (χ4v) is 3.58. The number of sulfone groups is 1. The molecule has 0 bridgehead atoms. The van der Waals surface area contributed by atoms with Gasteiger partial charge in [0, 0.05) is 6.04 Å². The van der Waals surface area contributed by atoms with Gasteiger partial charge in [-0.25, -0.2) is 8.42 Å². The average Bonchev–Trinajstić information content (AvgIpc) is 2.55. The van der Waals surface area contributed by atoms with E-state index >= 15 is 0 Å². The zero-order valence-corrected chi connectivity index (χ0v) is 9.07. The maximum absolute atomic E-state index is 11.6. The molecular formula is C8H13NO2S2. The first-order chi connectivity index (χ1) is 6.06. The molecule has 0 aliphatic rings. The van der Waals surface area contributed by atoms with Crippen molar-refractivity contribution in [2.45, 2.75) is 23.6 Å². The summed E-state index contributed by atoms with van der Waals surface area (Å²) in [6, 6.07) is 3.09. The van der Waals surface area contributed by atoms with E-state index in [1.165, 1.54) is 11.3 Å². The van der Waals surface area contributed by atoms with E-state index in [1.807, 2.05) is 6.92 Å². The molecule has 1 atom stereocenters. The summed E-state index contributed by atoms with van der Waals surface area (Å²) >= 11 is 1.24. The Labute approximate surface area is 82.5 Å². The van der Waals surface area contributed by atoms with Gasteiger partial charge in [0.1, 0.15) is 4.21 Å². The molecule has 1 unspecified atom stereocenters. The van der Waals surface area contributed by atoms with E-state index in [9.17, 15) is 8.42 Å². The van der Waals surface area contributed by atoms with Crippen molar-refractivity contribution in [2.75, 3.05) is 5.75 Å². The van der Waals surface area contributed by atoms with Crippen molar-refractivity contribution in [3.05, 3.63) is 17.5 Å². The molecule has 0 saturated heterocycles. The van der Waals surface area contributed by atoms with Gasteiger partial charge >= 0.3 is 0 Å². The lowest BCUT2D eigenvalue weighted by Gasteiger charge is -2.07. The topological polar surface area (TPSA) is 60.2 Å². The number of hydrogen-bond acceptors (Lipinski definition) is 4. The summed E-state index contributed by atoms with van der Waals surface area (Å²) in [5.74, 6) is 0.0456. The summed E-state index contributed by atoms with van der Waals surface area (Å²) in [7, 11) is -3.13. The molecule has 1 aromatic heterocycles. The van der Waals surface area contributed by atoms with Crippen LogP contribution in [0.5, 0.6) is 0 Å². The van der Waals surface area contributed by atoms with Gasteiger partial charge in [0.05, 0.1) is 5.75 Å². The van der Waals surface area contributed by atoms with Gasteiger partial charge in [0.2, 0.25) is 0 Å². The average molecular weight is 219 g/mol. The maximum atomic E-state index is 11.6. The van der Waals surface area contributed by atoms with Crippen LogP contribution in [0.2, 0.25) is 0 Å². The lowest BCUT2D eigenvalue weighted by atomic mass is 10.3. The van der Waals surface area contributed by atoms with Crippen LogP contribution in [0.4, 0.5) is 0 Å². The first kappa shape index (κ1) is 10.7. The van der Waals surface area contributed by atoms with Crippen molar-refractivity contribution in [3.63, 3.8) is 0 Å². The van der Waals surface area contributed by atoms with Crippen LogP contribution in [0.25, 0.3) is 0 Å². The zero-order chi connectivity index (χ0) is 9.90. The minimum atomic E-state index is -3.13. The monoisotopic (exact) mass is 219 g/mol. The van der Waals surface area contributed by atoms with Crippen molar-refractivity contribution in [3.8, 4) is 0 Å². The zero-order valence-electron chi connectivity index (χ0n) is 7.43. The molecular weight excluding hydrogens is 206 g/mol. The van der Waals surface area contributed by atoms with Crippen LogP contribution in [0.3, 0.4) is 0 Å². The second-order valence-corrected chi connectivity index (χ2v) is 6.09. The molecule has 0 fully saturated rings. The summed E-state index contributed by atoms with van der Waals surface area (Å²) in [5.41, 5.74) is 5.59. The van der Waals surface area contributed by atoms with Gasteiger partial charge in [-0.1, -0.05) is 13.0 Å². The SMILES string of the molecule is CCC(N)CS(=O)(=O)c1cccs1. The van der Waals surface area contributed by atoms with Crippen molar-refractivity contribution in [1.82, 2.24) is 0 Å². The Hall–Kier alpha value is -0.390. The lowest BCUT2D eigenvalue weighted by Crippen LogP contribution is -2.28. The Morgan fingerprint density at radius 1 is 1.62 bits per heavy atom. The highest BCUT2D eigenvalue weighted by Crippen LogP contribution is 2.18. The third kappa shape index (κ3) is 2.79. The predicted molar refractivity (Wildman–Crippen MR) is 54.6 cm³/mol. The van der Waals surface area contributed by atoms with Gasteiger partial charge in [-0.05, 0) is 17.9 Å². The minimum Gasteiger partial charge on any atom is -0.327 e. The molecule has 0 spiro atoms. The molecule has 0 radical (unpaired) electrons. The van der Waals surface area contributed by atoms with Crippen molar-refractivity contribution in [2.24, 2.45) is 5.73 Å². The van der Waals surface area contributed by atoms with E-state index in [1.54, 1.807) is 17.5 Å². The molecule has 5 heteroatoms. The molecule has 3 nitrogen and oxygen atoms in total. The first-order valence-electron chi connectivity index (χ1n) is 4.08. The molecule has 1 aromatic rings. The van der Waals surface area contributed by atoms with Gasteiger partial charge < -0.3 is 5.73 Å². The van der Waals surface area contributed by atoms with Crippen molar-refractivity contribution < 1.29 is 8.42 Å². The van der Waals surface area contributed by atoms with Crippen LogP contribution in [0, 0.1) is 0 Å². The summed E-state index contributed by atoms with van der Waals surface area (Å²) < 4.78 is 23.6. The van der Waals surface area contributed by atoms with Crippen LogP contribution in [0.15, 0.2) is 21.7 Å². The van der Waals surface area contributed by atoms with Gasteiger partial charge in [0.25, 0.3) is 0 Å². The van der Waals surface area contributed by atoms with Crippen molar-refractivity contribution in [1.29, 1.82) is 0 Å². The summed E-state index contributed by atoms with van der Waals surface area (Å²) in [5, 5.41) is 1.75. The van der Waals surface area contributed by atoms with Gasteiger partial charge in [-0.3, -0.25) is 0 Å². The van der Waals surface area contributed by atoms with E-state index in [4.69, 9.17) is 5.73 Å². The second kappa shape index (κ2) is 4.21. The Bertz CT molecular complexity index is 342. The van der Waals surface area contributed by atoms with Gasteiger partial charge in [0.15, 0.2) is 9.84 Å². The lowest BCUT2D eigenvalue weighted by molar-refractivity contribution is 0.586. The molecule has 2 N–H and O–H groups in total. The third-order valence-electron chi connectivity index (χ3n) is 1.76. The minimum absolute atomic E-state index is 0.0456. The Morgan fingerprint density at radius 2 is 2.31 bits per heavy atom. The standard InChI is InChI=1S/C8H13NO2S2/c1-2-7(9)6-13(10,11)8-4-3-5-12-8/h3-5,7H,2,6,9H2,1H3. The third-order valence-corrected chi connectivity index (χ3v) is 5.09. The summed E-state index contributed by atoms with van der Waals surface area (Å²) in [6.45, 7) is 1.88. The molecule has 0 aliphatic heterocycles. The highest BCUT2D eigenvalue weighted by atomic mass is 32.2. The molecule has 1 heterocycles. The highest BCUT2D eigenvalue weighted by Gasteiger charge is 2.18. The molecule has 13 heavy (non-hydrogen) atoms. The Morgan fingerprint density at radius 3 is 2.77 bits per heavy atom. The normalized spacial score (nSPS) is 14.3. The van der Waals surface area contributed by atoms with Crippen molar-refractivity contribution >= 4 is 21.2 Å². The van der Waals surface area contributed by atoms with Crippen LogP contribution < -0.4 is 5.73 Å². The number of thiophene rings is 1. The highest BCUT2D eigenvalue weighted by molar-refractivity contribution is 7.93. The largest absolute Gasteiger partial charge is 0.327 e. The van der Waals surface area contributed by atoms with Crippen LogP contribution >= 0.6 is 11.3 Å². The second-order valence-electron chi connectivity index (χ2n) is 2.88. The molecule has 0 amide bonds. The van der Waals surface area contributed by atoms with Crippen LogP contribution in [-0.4, -0.2) is 20.2 Å². The predicted octanol–water partition coefficient (Wildman–Crippen LogP) is 1.26.